The first kappa shape index (κ1) is 21.7. The Morgan fingerprint density at radius 1 is 0.857 bits per heavy atom. The number of Topliss-reactive ketones (excluding diaryl/α,β-unsaturated/α-hetero) is 1. The summed E-state index contributed by atoms with van der Waals surface area (Å²) < 4.78 is 6.04. The maximum atomic E-state index is 13.6. The molecule has 0 bridgehead atoms. The van der Waals surface area contributed by atoms with Gasteiger partial charge in [-0.25, -0.2) is 0 Å². The van der Waals surface area contributed by atoms with Crippen LogP contribution in [0.2, 0.25) is 0 Å². The highest BCUT2D eigenvalue weighted by molar-refractivity contribution is 6.04. The van der Waals surface area contributed by atoms with Crippen LogP contribution >= 0.6 is 0 Å². The Kier molecular flexibility index (Phi) is 5.21. The number of carbonyl (C=O) groups is 1. The van der Waals surface area contributed by atoms with Gasteiger partial charge in [0.2, 0.25) is 0 Å². The van der Waals surface area contributed by atoms with E-state index in [-0.39, 0.29) is 17.1 Å². The van der Waals surface area contributed by atoms with Crippen molar-refractivity contribution in [3.8, 4) is 5.75 Å². The fraction of sp³-hybridized carbons (Fsp3) is 0.219. The monoisotopic (exact) mass is 459 g/mol. The molecule has 0 amide bonds. The molecule has 1 heterocycles. The van der Waals surface area contributed by atoms with Crippen molar-refractivity contribution >= 4 is 22.2 Å². The van der Waals surface area contributed by atoms with E-state index in [1.54, 1.807) is 0 Å². The molecule has 4 aromatic carbocycles. The average Bonchev–Trinajstić information content (AvgIpc) is 2.86. The number of hydrogen-bond acceptors (Lipinski definition) is 3. The van der Waals surface area contributed by atoms with Crippen LogP contribution in [0.25, 0.3) is 10.8 Å². The minimum atomic E-state index is -0.0980. The molecule has 6 rings (SSSR count). The molecule has 1 aliphatic heterocycles. The first-order valence-corrected chi connectivity index (χ1v) is 12.3. The molecular formula is C32H29NO2. The van der Waals surface area contributed by atoms with E-state index in [9.17, 15) is 4.79 Å². The number of rotatable bonds is 4. The summed E-state index contributed by atoms with van der Waals surface area (Å²) in [5.74, 6) is 0.978. The second kappa shape index (κ2) is 8.42. The molecule has 0 aromatic heterocycles. The Labute approximate surface area is 206 Å². The first-order chi connectivity index (χ1) is 17.0. The molecule has 1 N–H and O–H groups in total. The van der Waals surface area contributed by atoms with Gasteiger partial charge < -0.3 is 10.1 Å². The lowest BCUT2D eigenvalue weighted by Crippen LogP contribution is -2.33. The van der Waals surface area contributed by atoms with E-state index in [2.05, 4.69) is 79.8 Å². The van der Waals surface area contributed by atoms with Crippen LogP contribution in [0.5, 0.6) is 5.75 Å². The fourth-order valence-corrected chi connectivity index (χ4v) is 5.63. The van der Waals surface area contributed by atoms with E-state index in [0.717, 1.165) is 40.3 Å². The lowest BCUT2D eigenvalue weighted by molar-refractivity contribution is -0.118. The van der Waals surface area contributed by atoms with Gasteiger partial charge in [-0.3, -0.25) is 4.79 Å². The number of carbonyl (C=O) groups excluding carboxylic acids is 1. The first-order valence-electron chi connectivity index (χ1n) is 12.3. The number of ketones is 1. The molecule has 3 heteroatoms. The van der Waals surface area contributed by atoms with Crippen molar-refractivity contribution in [2.45, 2.75) is 39.2 Å². The smallest absolute Gasteiger partial charge is 0.162 e. The number of anilines is 1. The molecular weight excluding hydrogens is 430 g/mol. The van der Waals surface area contributed by atoms with Gasteiger partial charge >= 0.3 is 0 Å². The van der Waals surface area contributed by atoms with Crippen molar-refractivity contribution in [1.29, 1.82) is 0 Å². The molecule has 174 valence electrons. The Hall–Kier alpha value is -3.85. The van der Waals surface area contributed by atoms with Gasteiger partial charge in [-0.2, -0.15) is 0 Å². The van der Waals surface area contributed by atoms with Crippen LogP contribution < -0.4 is 10.1 Å². The summed E-state index contributed by atoms with van der Waals surface area (Å²) in [4.78, 5) is 13.6. The second-order valence-electron chi connectivity index (χ2n) is 10.5. The van der Waals surface area contributed by atoms with Crippen LogP contribution in [0.1, 0.15) is 49.3 Å². The van der Waals surface area contributed by atoms with E-state index in [4.69, 9.17) is 4.74 Å². The van der Waals surface area contributed by atoms with Gasteiger partial charge in [0.25, 0.3) is 0 Å². The summed E-state index contributed by atoms with van der Waals surface area (Å²) in [7, 11) is 0. The molecule has 1 unspecified atom stereocenters. The zero-order valence-electron chi connectivity index (χ0n) is 20.2. The number of allylic oxidation sites excluding steroid dienone is 2. The number of nitrogens with one attached hydrogen (secondary N) is 1. The highest BCUT2D eigenvalue weighted by atomic mass is 16.5. The topological polar surface area (TPSA) is 38.3 Å². The van der Waals surface area contributed by atoms with Gasteiger partial charge in [-0.1, -0.05) is 86.6 Å². The summed E-state index contributed by atoms with van der Waals surface area (Å²) in [6.07, 6.45) is 1.44. The predicted octanol–water partition coefficient (Wildman–Crippen LogP) is 7.62. The van der Waals surface area contributed by atoms with Gasteiger partial charge in [-0.15, -0.1) is 0 Å². The van der Waals surface area contributed by atoms with E-state index in [1.165, 1.54) is 16.3 Å². The molecule has 0 fully saturated rings. The maximum Gasteiger partial charge on any atom is 0.162 e. The molecule has 0 radical (unpaired) electrons. The van der Waals surface area contributed by atoms with Crippen molar-refractivity contribution in [2.24, 2.45) is 5.41 Å². The number of benzene rings is 4. The van der Waals surface area contributed by atoms with Gasteiger partial charge in [0, 0.05) is 29.3 Å². The summed E-state index contributed by atoms with van der Waals surface area (Å²) in [6.45, 7) is 4.89. The van der Waals surface area contributed by atoms with Crippen LogP contribution in [-0.4, -0.2) is 5.78 Å². The largest absolute Gasteiger partial charge is 0.489 e. The second-order valence-corrected chi connectivity index (χ2v) is 10.5. The average molecular weight is 460 g/mol. The third kappa shape index (κ3) is 4.01. The maximum absolute atomic E-state index is 13.6. The fourth-order valence-electron chi connectivity index (χ4n) is 5.63. The zero-order chi connectivity index (χ0) is 24.0. The van der Waals surface area contributed by atoms with Crippen LogP contribution in [0.15, 0.2) is 102 Å². The summed E-state index contributed by atoms with van der Waals surface area (Å²) >= 11 is 0. The van der Waals surface area contributed by atoms with Gasteiger partial charge in [0.15, 0.2) is 5.78 Å². The molecule has 0 saturated heterocycles. The quantitative estimate of drug-likeness (QED) is 0.341. The van der Waals surface area contributed by atoms with Crippen molar-refractivity contribution in [3.63, 3.8) is 0 Å². The number of fused-ring (bicyclic) bond motifs is 3. The minimum absolute atomic E-state index is 0.0447. The number of ether oxygens (including phenoxy) is 1. The Morgan fingerprint density at radius 3 is 2.40 bits per heavy atom. The standard InChI is InChI=1S/C32H29NO2/c1-32(2)18-27-31(28(34)19-32)29(30-25-11-7-6-10-22(25)14-17-26(30)33-27)23-12-15-24(16-13-23)35-20-21-8-4-3-5-9-21/h3-17,29,33H,18-20H2,1-2H3. The van der Waals surface area contributed by atoms with E-state index >= 15 is 0 Å². The molecule has 2 aliphatic rings. The summed E-state index contributed by atoms with van der Waals surface area (Å²) in [5, 5.41) is 6.04. The normalized spacial score (nSPS) is 18.6. The van der Waals surface area contributed by atoms with Crippen LogP contribution in [0, 0.1) is 5.41 Å². The predicted molar refractivity (Wildman–Crippen MR) is 142 cm³/mol. The highest BCUT2D eigenvalue weighted by Crippen LogP contribution is 2.50. The molecule has 0 saturated carbocycles. The van der Waals surface area contributed by atoms with Crippen molar-refractivity contribution in [3.05, 3.63) is 119 Å². The third-order valence-corrected chi connectivity index (χ3v) is 7.22. The Morgan fingerprint density at radius 2 is 1.60 bits per heavy atom. The Bertz CT molecular complexity index is 1450. The molecule has 1 aliphatic carbocycles. The summed E-state index contributed by atoms with van der Waals surface area (Å²) in [6, 6.07) is 31.3. The van der Waals surface area contributed by atoms with Crippen molar-refractivity contribution in [1.82, 2.24) is 0 Å². The van der Waals surface area contributed by atoms with Crippen molar-refractivity contribution in [2.75, 3.05) is 5.32 Å². The number of hydrogen-bond donors (Lipinski definition) is 1. The van der Waals surface area contributed by atoms with E-state index in [0.29, 0.717) is 13.0 Å². The van der Waals surface area contributed by atoms with Crippen LogP contribution in [-0.2, 0) is 11.4 Å². The van der Waals surface area contributed by atoms with E-state index in [1.807, 2.05) is 30.3 Å². The molecule has 0 spiro atoms. The lowest BCUT2D eigenvalue weighted by atomic mass is 9.68. The molecule has 35 heavy (non-hydrogen) atoms. The van der Waals surface area contributed by atoms with Gasteiger partial charge in [-0.05, 0) is 57.5 Å². The van der Waals surface area contributed by atoms with Crippen molar-refractivity contribution < 1.29 is 9.53 Å². The third-order valence-electron chi connectivity index (χ3n) is 7.22. The zero-order valence-corrected chi connectivity index (χ0v) is 20.2. The van der Waals surface area contributed by atoms with Crippen LogP contribution in [0.3, 0.4) is 0 Å². The van der Waals surface area contributed by atoms with Crippen LogP contribution in [0.4, 0.5) is 5.69 Å². The molecule has 1 atom stereocenters. The SMILES string of the molecule is CC1(C)CC(=O)C2=C(C1)Nc1ccc3ccccc3c1C2c1ccc(OCc2ccccc2)cc1. The summed E-state index contributed by atoms with van der Waals surface area (Å²) in [5.41, 5.74) is 6.50. The molecule has 3 nitrogen and oxygen atoms in total. The highest BCUT2D eigenvalue weighted by Gasteiger charge is 2.41. The van der Waals surface area contributed by atoms with Gasteiger partial charge in [0.05, 0.1) is 0 Å². The van der Waals surface area contributed by atoms with Gasteiger partial charge in [0.1, 0.15) is 12.4 Å². The lowest BCUT2D eigenvalue weighted by Gasteiger charge is -2.40. The molecule has 4 aromatic rings. The Balaban J connectivity index is 1.43. The minimum Gasteiger partial charge on any atom is -0.489 e. The van der Waals surface area contributed by atoms with E-state index < -0.39 is 0 Å².